The van der Waals surface area contributed by atoms with E-state index in [1.807, 2.05) is 5.38 Å². The molecule has 0 aliphatic carbocycles. The van der Waals surface area contributed by atoms with E-state index in [0.717, 1.165) is 4.47 Å². The highest BCUT2D eigenvalue weighted by Crippen LogP contribution is 2.20. The second-order valence-corrected chi connectivity index (χ2v) is 4.98. The van der Waals surface area contributed by atoms with Crippen molar-refractivity contribution in [3.63, 3.8) is 0 Å². The van der Waals surface area contributed by atoms with E-state index in [0.29, 0.717) is 11.1 Å². The third-order valence-electron chi connectivity index (χ3n) is 2.20. The standard InChI is InChI=1S/C12H8BrFOS/c13-11-2-1-10(14)5-9(11)6-12(15)8-3-4-16-7-8/h1-5,7H,6H2. The van der Waals surface area contributed by atoms with Crippen LogP contribution in [-0.2, 0) is 6.42 Å². The molecule has 2 rings (SSSR count). The second kappa shape index (κ2) is 4.89. The number of halogens is 2. The zero-order valence-corrected chi connectivity index (χ0v) is 10.6. The number of carbonyl (C=O) groups is 1. The maximum atomic E-state index is 13.0. The minimum atomic E-state index is -0.323. The number of ketones is 1. The van der Waals surface area contributed by atoms with Crippen LogP contribution in [0.3, 0.4) is 0 Å². The second-order valence-electron chi connectivity index (χ2n) is 3.35. The van der Waals surface area contributed by atoms with Gasteiger partial charge in [-0.1, -0.05) is 15.9 Å². The van der Waals surface area contributed by atoms with Crippen LogP contribution in [0.25, 0.3) is 0 Å². The maximum Gasteiger partial charge on any atom is 0.168 e. The average molecular weight is 299 g/mol. The van der Waals surface area contributed by atoms with E-state index >= 15 is 0 Å². The van der Waals surface area contributed by atoms with Crippen LogP contribution < -0.4 is 0 Å². The van der Waals surface area contributed by atoms with Crippen LogP contribution >= 0.6 is 27.3 Å². The highest BCUT2D eigenvalue weighted by atomic mass is 79.9. The lowest BCUT2D eigenvalue weighted by molar-refractivity contribution is 0.0993. The maximum absolute atomic E-state index is 13.0. The molecule has 16 heavy (non-hydrogen) atoms. The lowest BCUT2D eigenvalue weighted by Crippen LogP contribution is -2.03. The molecule has 0 atom stereocenters. The molecule has 0 aliphatic heterocycles. The molecule has 1 heterocycles. The van der Waals surface area contributed by atoms with Crippen molar-refractivity contribution in [1.82, 2.24) is 0 Å². The minimum absolute atomic E-state index is 0.00699. The SMILES string of the molecule is O=C(Cc1cc(F)ccc1Br)c1ccsc1. The molecule has 0 spiro atoms. The molecule has 0 bridgehead atoms. The third-order valence-corrected chi connectivity index (χ3v) is 3.66. The van der Waals surface area contributed by atoms with Crippen LogP contribution in [0.1, 0.15) is 15.9 Å². The molecule has 0 N–H and O–H groups in total. The number of thiophene rings is 1. The summed E-state index contributed by atoms with van der Waals surface area (Å²) >= 11 is 4.79. The molecular weight excluding hydrogens is 291 g/mol. The van der Waals surface area contributed by atoms with Gasteiger partial charge in [0.1, 0.15) is 5.82 Å². The largest absolute Gasteiger partial charge is 0.294 e. The lowest BCUT2D eigenvalue weighted by Gasteiger charge is -2.03. The van der Waals surface area contributed by atoms with E-state index in [-0.39, 0.29) is 18.0 Å². The molecule has 1 aromatic carbocycles. The molecule has 0 amide bonds. The van der Waals surface area contributed by atoms with Crippen LogP contribution in [0.15, 0.2) is 39.5 Å². The van der Waals surface area contributed by atoms with Gasteiger partial charge in [-0.3, -0.25) is 4.79 Å². The molecule has 0 fully saturated rings. The summed E-state index contributed by atoms with van der Waals surface area (Å²) in [6.45, 7) is 0. The summed E-state index contributed by atoms with van der Waals surface area (Å²) in [6.07, 6.45) is 0.217. The Morgan fingerprint density at radius 2 is 2.19 bits per heavy atom. The van der Waals surface area contributed by atoms with Crippen molar-refractivity contribution in [2.45, 2.75) is 6.42 Å². The van der Waals surface area contributed by atoms with E-state index in [1.165, 1.54) is 23.5 Å². The lowest BCUT2D eigenvalue weighted by atomic mass is 10.1. The molecule has 0 radical (unpaired) electrons. The predicted octanol–water partition coefficient (Wildman–Crippen LogP) is 4.08. The van der Waals surface area contributed by atoms with Crippen molar-refractivity contribution in [3.8, 4) is 0 Å². The summed E-state index contributed by atoms with van der Waals surface area (Å²) in [6, 6.07) is 6.14. The van der Waals surface area contributed by atoms with E-state index in [4.69, 9.17) is 0 Å². The van der Waals surface area contributed by atoms with Gasteiger partial charge >= 0.3 is 0 Å². The van der Waals surface area contributed by atoms with Crippen molar-refractivity contribution >= 4 is 33.0 Å². The van der Waals surface area contributed by atoms with Gasteiger partial charge in [0.2, 0.25) is 0 Å². The Morgan fingerprint density at radius 1 is 1.38 bits per heavy atom. The van der Waals surface area contributed by atoms with Gasteiger partial charge in [-0.05, 0) is 35.2 Å². The predicted molar refractivity (Wildman–Crippen MR) is 66.5 cm³/mol. The zero-order chi connectivity index (χ0) is 11.5. The summed E-state index contributed by atoms with van der Waals surface area (Å²) in [5, 5.41) is 3.66. The number of benzene rings is 1. The van der Waals surface area contributed by atoms with Crippen LogP contribution in [0, 0.1) is 5.82 Å². The van der Waals surface area contributed by atoms with Gasteiger partial charge in [-0.2, -0.15) is 11.3 Å². The normalized spacial score (nSPS) is 10.4. The Hall–Kier alpha value is -1.00. The first-order chi connectivity index (χ1) is 7.66. The highest BCUT2D eigenvalue weighted by molar-refractivity contribution is 9.10. The highest BCUT2D eigenvalue weighted by Gasteiger charge is 2.10. The number of rotatable bonds is 3. The van der Waals surface area contributed by atoms with Gasteiger partial charge in [0.15, 0.2) is 5.78 Å². The Labute approximate surface area is 105 Å². The monoisotopic (exact) mass is 298 g/mol. The van der Waals surface area contributed by atoms with Crippen LogP contribution in [0.2, 0.25) is 0 Å². The number of carbonyl (C=O) groups excluding carboxylic acids is 1. The molecule has 0 saturated carbocycles. The molecular formula is C12H8BrFOS. The van der Waals surface area contributed by atoms with E-state index in [2.05, 4.69) is 15.9 Å². The third kappa shape index (κ3) is 2.57. The van der Waals surface area contributed by atoms with Crippen LogP contribution in [0.5, 0.6) is 0 Å². The average Bonchev–Trinajstić information content (AvgIpc) is 2.76. The van der Waals surface area contributed by atoms with Crippen LogP contribution in [-0.4, -0.2) is 5.78 Å². The molecule has 0 unspecified atom stereocenters. The van der Waals surface area contributed by atoms with E-state index in [9.17, 15) is 9.18 Å². The molecule has 82 valence electrons. The van der Waals surface area contributed by atoms with Crippen molar-refractivity contribution in [2.75, 3.05) is 0 Å². The topological polar surface area (TPSA) is 17.1 Å². The summed E-state index contributed by atoms with van der Waals surface area (Å²) in [7, 11) is 0. The molecule has 0 saturated heterocycles. The van der Waals surface area contributed by atoms with Crippen molar-refractivity contribution in [3.05, 3.63) is 56.4 Å². The molecule has 0 aliphatic rings. The molecule has 1 aromatic heterocycles. The summed E-state index contributed by atoms with van der Waals surface area (Å²) < 4.78 is 13.8. The smallest absolute Gasteiger partial charge is 0.168 e. The fraction of sp³-hybridized carbons (Fsp3) is 0.0833. The molecule has 2 aromatic rings. The van der Waals surface area contributed by atoms with Gasteiger partial charge in [-0.15, -0.1) is 0 Å². The van der Waals surface area contributed by atoms with Gasteiger partial charge in [-0.25, -0.2) is 4.39 Å². The van der Waals surface area contributed by atoms with Crippen LogP contribution in [0.4, 0.5) is 4.39 Å². The van der Waals surface area contributed by atoms with E-state index < -0.39 is 0 Å². The zero-order valence-electron chi connectivity index (χ0n) is 8.24. The van der Waals surface area contributed by atoms with E-state index in [1.54, 1.807) is 17.5 Å². The minimum Gasteiger partial charge on any atom is -0.294 e. The van der Waals surface area contributed by atoms with Crippen molar-refractivity contribution in [2.24, 2.45) is 0 Å². The van der Waals surface area contributed by atoms with Gasteiger partial charge in [0.05, 0.1) is 0 Å². The quantitative estimate of drug-likeness (QED) is 0.781. The van der Waals surface area contributed by atoms with Crippen molar-refractivity contribution < 1.29 is 9.18 Å². The number of hydrogen-bond donors (Lipinski definition) is 0. The van der Waals surface area contributed by atoms with Crippen molar-refractivity contribution in [1.29, 1.82) is 0 Å². The summed E-state index contributed by atoms with van der Waals surface area (Å²) in [4.78, 5) is 11.8. The van der Waals surface area contributed by atoms with Gasteiger partial charge in [0.25, 0.3) is 0 Å². The fourth-order valence-electron chi connectivity index (χ4n) is 1.38. The van der Waals surface area contributed by atoms with Gasteiger partial charge < -0.3 is 0 Å². The summed E-state index contributed by atoms with van der Waals surface area (Å²) in [5.41, 5.74) is 1.36. The first kappa shape index (κ1) is 11.5. The Morgan fingerprint density at radius 3 is 2.88 bits per heavy atom. The number of hydrogen-bond acceptors (Lipinski definition) is 2. The Balaban J connectivity index is 2.21. The molecule has 4 heteroatoms. The Bertz CT molecular complexity index is 508. The first-order valence-corrected chi connectivity index (χ1v) is 6.40. The fourth-order valence-corrected chi connectivity index (χ4v) is 2.42. The Kier molecular flexibility index (Phi) is 3.51. The number of Topliss-reactive ketones (excluding diaryl/α,β-unsaturated/α-hetero) is 1. The van der Waals surface area contributed by atoms with Gasteiger partial charge in [0, 0.05) is 21.8 Å². The first-order valence-electron chi connectivity index (χ1n) is 4.66. The summed E-state index contributed by atoms with van der Waals surface area (Å²) in [5.74, 6) is -0.316. The molecule has 1 nitrogen and oxygen atoms in total.